The van der Waals surface area contributed by atoms with Gasteiger partial charge in [0.05, 0.1) is 0 Å². The molecule has 1 N–H and O–H groups in total. The first-order valence-corrected chi connectivity index (χ1v) is 2.97. The summed E-state index contributed by atoms with van der Waals surface area (Å²) in [6, 6.07) is 0. The third-order valence-electron chi connectivity index (χ3n) is 0.790. The quantitative estimate of drug-likeness (QED) is 0.565. The molecule has 1 heteroatoms. The molecule has 0 atom stereocenters. The van der Waals surface area contributed by atoms with E-state index in [4.69, 9.17) is 5.11 Å². The zero-order chi connectivity index (χ0) is 6.95. The lowest BCUT2D eigenvalue weighted by molar-refractivity contribution is 0.302. The molecule has 0 aliphatic rings. The molecule has 9 heavy (non-hydrogen) atoms. The molecule has 0 fully saturated rings. The minimum absolute atomic E-state index is 0.221. The lowest BCUT2D eigenvalue weighted by Crippen LogP contribution is -1.73. The zero-order valence-corrected chi connectivity index (χ0v) is 5.46. The minimum atomic E-state index is 0.221. The monoisotopic (exact) mass is 124 g/mol. The van der Waals surface area contributed by atoms with Crippen LogP contribution in [0.2, 0.25) is 0 Å². The van der Waals surface area contributed by atoms with Crippen LogP contribution in [0.25, 0.3) is 0 Å². The van der Waals surface area contributed by atoms with Crippen LogP contribution < -0.4 is 0 Å². The molecule has 0 radical (unpaired) electrons. The largest absolute Gasteiger partial charge is 0.396 e. The number of allylic oxidation sites excluding steroid dienone is 4. The van der Waals surface area contributed by atoms with E-state index in [1.165, 1.54) is 0 Å². The summed E-state index contributed by atoms with van der Waals surface area (Å²) >= 11 is 0. The second-order valence-corrected chi connectivity index (χ2v) is 1.56. The van der Waals surface area contributed by atoms with Crippen LogP contribution in [0.5, 0.6) is 0 Å². The van der Waals surface area contributed by atoms with Gasteiger partial charge in [-0.1, -0.05) is 37.0 Å². The zero-order valence-electron chi connectivity index (χ0n) is 5.46. The van der Waals surface area contributed by atoms with E-state index in [0.717, 1.165) is 6.42 Å². The molecule has 0 spiro atoms. The molecule has 0 saturated heterocycles. The van der Waals surface area contributed by atoms with Gasteiger partial charge in [-0.2, -0.15) is 0 Å². The molecule has 0 aromatic heterocycles. The Morgan fingerprint density at radius 3 is 2.56 bits per heavy atom. The van der Waals surface area contributed by atoms with Gasteiger partial charge in [0.25, 0.3) is 0 Å². The highest BCUT2D eigenvalue weighted by Gasteiger charge is 1.68. The first kappa shape index (κ1) is 8.18. The number of hydrogen-bond acceptors (Lipinski definition) is 1. The van der Waals surface area contributed by atoms with Gasteiger partial charge in [-0.15, -0.1) is 0 Å². The molecule has 1 nitrogen and oxygen atoms in total. The fourth-order valence-electron chi connectivity index (χ4n) is 0.392. The van der Waals surface area contributed by atoms with Crippen LogP contribution in [-0.4, -0.2) is 11.7 Å². The van der Waals surface area contributed by atoms with Crippen molar-refractivity contribution in [1.82, 2.24) is 0 Å². The van der Waals surface area contributed by atoms with Gasteiger partial charge in [-0.05, 0) is 6.42 Å². The third kappa shape index (κ3) is 7.18. The van der Waals surface area contributed by atoms with E-state index in [0.29, 0.717) is 0 Å². The maximum absolute atomic E-state index is 8.33. The van der Waals surface area contributed by atoms with Crippen molar-refractivity contribution in [1.29, 1.82) is 0 Å². The highest BCUT2D eigenvalue weighted by atomic mass is 16.2. The van der Waals surface area contributed by atoms with E-state index in [-0.39, 0.29) is 6.61 Å². The van der Waals surface area contributed by atoms with Crippen molar-refractivity contribution in [3.63, 3.8) is 0 Å². The lowest BCUT2D eigenvalue weighted by Gasteiger charge is -1.78. The standard InChI is InChI=1S/C8H12O/c1-2-3-4-5-6-7-8-9/h2-6,9H,1,7-8H2/b4-3+,6-5-. The summed E-state index contributed by atoms with van der Waals surface area (Å²) in [4.78, 5) is 0. The van der Waals surface area contributed by atoms with Crippen LogP contribution in [-0.2, 0) is 0 Å². The Hall–Kier alpha value is -0.820. The van der Waals surface area contributed by atoms with Crippen molar-refractivity contribution in [3.05, 3.63) is 37.0 Å². The molecule has 0 aliphatic carbocycles. The predicted molar refractivity (Wildman–Crippen MR) is 40.2 cm³/mol. The first-order chi connectivity index (χ1) is 4.41. The van der Waals surface area contributed by atoms with Crippen molar-refractivity contribution < 1.29 is 5.11 Å². The van der Waals surface area contributed by atoms with Crippen molar-refractivity contribution >= 4 is 0 Å². The Kier molecular flexibility index (Phi) is 6.53. The molecular weight excluding hydrogens is 112 g/mol. The summed E-state index contributed by atoms with van der Waals surface area (Å²) in [6.45, 7) is 3.73. The van der Waals surface area contributed by atoms with Gasteiger partial charge in [-0.25, -0.2) is 0 Å². The molecule has 0 unspecified atom stereocenters. The van der Waals surface area contributed by atoms with Crippen molar-refractivity contribution in [2.75, 3.05) is 6.61 Å². The van der Waals surface area contributed by atoms with E-state index in [1.54, 1.807) is 6.08 Å². The van der Waals surface area contributed by atoms with Gasteiger partial charge < -0.3 is 5.11 Å². The Morgan fingerprint density at radius 1 is 1.22 bits per heavy atom. The van der Waals surface area contributed by atoms with Gasteiger partial charge in [0.1, 0.15) is 0 Å². The van der Waals surface area contributed by atoms with Gasteiger partial charge in [0.15, 0.2) is 0 Å². The summed E-state index contributed by atoms with van der Waals surface area (Å²) in [6.07, 6.45) is 9.94. The van der Waals surface area contributed by atoms with Crippen molar-refractivity contribution in [3.8, 4) is 0 Å². The second-order valence-electron chi connectivity index (χ2n) is 1.56. The van der Waals surface area contributed by atoms with Crippen molar-refractivity contribution in [2.24, 2.45) is 0 Å². The van der Waals surface area contributed by atoms with Gasteiger partial charge in [-0.3, -0.25) is 0 Å². The summed E-state index contributed by atoms with van der Waals surface area (Å²) in [5.41, 5.74) is 0. The molecule has 0 aromatic carbocycles. The Balaban J connectivity index is 3.23. The van der Waals surface area contributed by atoms with Gasteiger partial charge >= 0.3 is 0 Å². The number of aliphatic hydroxyl groups excluding tert-OH is 1. The van der Waals surface area contributed by atoms with Crippen LogP contribution >= 0.6 is 0 Å². The topological polar surface area (TPSA) is 20.2 Å². The highest BCUT2D eigenvalue weighted by molar-refractivity contribution is 5.08. The van der Waals surface area contributed by atoms with Crippen LogP contribution in [0.4, 0.5) is 0 Å². The van der Waals surface area contributed by atoms with Crippen LogP contribution in [0, 0.1) is 0 Å². The van der Waals surface area contributed by atoms with E-state index in [9.17, 15) is 0 Å². The fourth-order valence-corrected chi connectivity index (χ4v) is 0.392. The van der Waals surface area contributed by atoms with E-state index < -0.39 is 0 Å². The average molecular weight is 124 g/mol. The maximum Gasteiger partial charge on any atom is 0.0465 e. The van der Waals surface area contributed by atoms with Gasteiger partial charge in [0, 0.05) is 6.61 Å². The SMILES string of the molecule is C=C/C=C/C=C\CCO. The summed E-state index contributed by atoms with van der Waals surface area (Å²) in [7, 11) is 0. The highest BCUT2D eigenvalue weighted by Crippen LogP contribution is 1.81. The average Bonchev–Trinajstić information content (AvgIpc) is 1.89. The molecule has 0 amide bonds. The number of hydrogen-bond donors (Lipinski definition) is 1. The van der Waals surface area contributed by atoms with Crippen LogP contribution in [0.15, 0.2) is 37.0 Å². The maximum atomic E-state index is 8.33. The second kappa shape index (κ2) is 7.18. The lowest BCUT2D eigenvalue weighted by atomic mass is 10.4. The normalized spacial score (nSPS) is 11.2. The van der Waals surface area contributed by atoms with E-state index >= 15 is 0 Å². The molecular formula is C8H12O. The molecule has 0 rings (SSSR count). The number of rotatable bonds is 4. The van der Waals surface area contributed by atoms with Gasteiger partial charge in [0.2, 0.25) is 0 Å². The van der Waals surface area contributed by atoms with E-state index in [1.807, 2.05) is 24.3 Å². The summed E-state index contributed by atoms with van der Waals surface area (Å²) in [5.74, 6) is 0. The fraction of sp³-hybridized carbons (Fsp3) is 0.250. The van der Waals surface area contributed by atoms with Crippen LogP contribution in [0.3, 0.4) is 0 Å². The Morgan fingerprint density at radius 2 is 2.00 bits per heavy atom. The summed E-state index contributed by atoms with van der Waals surface area (Å²) < 4.78 is 0. The third-order valence-corrected chi connectivity index (χ3v) is 0.790. The Bertz CT molecular complexity index is 112. The Labute approximate surface area is 56.0 Å². The first-order valence-electron chi connectivity index (χ1n) is 2.97. The minimum Gasteiger partial charge on any atom is -0.396 e. The number of aliphatic hydroxyl groups is 1. The molecule has 0 aliphatic heterocycles. The summed E-state index contributed by atoms with van der Waals surface area (Å²) in [5, 5.41) is 8.33. The van der Waals surface area contributed by atoms with E-state index in [2.05, 4.69) is 6.58 Å². The molecule has 0 heterocycles. The van der Waals surface area contributed by atoms with Crippen molar-refractivity contribution in [2.45, 2.75) is 6.42 Å². The molecule has 50 valence electrons. The molecule has 0 aromatic rings. The molecule has 0 bridgehead atoms. The van der Waals surface area contributed by atoms with Crippen LogP contribution in [0.1, 0.15) is 6.42 Å². The molecule has 0 saturated carbocycles. The predicted octanol–water partition coefficient (Wildman–Crippen LogP) is 1.67. The smallest absolute Gasteiger partial charge is 0.0465 e.